The zero-order chi connectivity index (χ0) is 17.4. The molecule has 0 saturated carbocycles. The minimum atomic E-state index is -2.38. The summed E-state index contributed by atoms with van der Waals surface area (Å²) in [4.78, 5) is 0. The highest BCUT2D eigenvalue weighted by Crippen LogP contribution is 2.33. The molecule has 136 valence electrons. The van der Waals surface area contributed by atoms with E-state index in [-0.39, 0.29) is 0 Å². The van der Waals surface area contributed by atoms with Gasteiger partial charge in [-0.05, 0) is 0 Å². The number of hydrogen-bond acceptors (Lipinski definition) is 11. The van der Waals surface area contributed by atoms with Crippen LogP contribution in [0.1, 0.15) is 0 Å². The molecule has 0 aromatic rings. The maximum atomic E-state index is 10.00. The smallest absolute Gasteiger partial charge is 0.221 e. The molecule has 2 heterocycles. The molecule has 23 heavy (non-hydrogen) atoms. The van der Waals surface area contributed by atoms with E-state index in [2.05, 4.69) is 0 Å². The average Bonchev–Trinajstić information content (AvgIpc) is 2.56. The molecule has 2 aliphatic heterocycles. The molecule has 0 aliphatic carbocycles. The monoisotopic (exact) mass is 342 g/mol. The van der Waals surface area contributed by atoms with Crippen LogP contribution in [0.15, 0.2) is 0 Å². The van der Waals surface area contributed by atoms with Crippen molar-refractivity contribution >= 4 is 0 Å². The Morgan fingerprint density at radius 3 is 2.09 bits per heavy atom. The van der Waals surface area contributed by atoms with Crippen LogP contribution in [0.4, 0.5) is 0 Å². The number of hydrogen-bond donors (Lipinski definition) is 8. The van der Waals surface area contributed by atoms with Crippen LogP contribution in [0.3, 0.4) is 0 Å². The molecule has 8 N–H and O–H groups in total. The molecule has 0 aromatic heterocycles. The first-order valence-electron chi connectivity index (χ1n) is 7.01. The van der Waals surface area contributed by atoms with Crippen LogP contribution in [-0.2, 0) is 14.2 Å². The summed E-state index contributed by atoms with van der Waals surface area (Å²) in [6, 6.07) is 0. The van der Waals surface area contributed by atoms with Gasteiger partial charge in [-0.1, -0.05) is 0 Å². The second-order valence-corrected chi connectivity index (χ2v) is 5.69. The Balaban J connectivity index is 2.14. The fourth-order valence-electron chi connectivity index (χ4n) is 2.54. The third-order valence-corrected chi connectivity index (χ3v) is 4.13. The highest BCUT2D eigenvalue weighted by Gasteiger charge is 2.55. The van der Waals surface area contributed by atoms with Crippen molar-refractivity contribution in [3.63, 3.8) is 0 Å². The van der Waals surface area contributed by atoms with E-state index in [1.165, 1.54) is 0 Å². The molecule has 2 aliphatic rings. The van der Waals surface area contributed by atoms with Crippen molar-refractivity contribution in [1.82, 2.24) is 0 Å². The minimum absolute atomic E-state index is 0.453. The topological polar surface area (TPSA) is 190 Å². The van der Waals surface area contributed by atoms with Crippen molar-refractivity contribution in [3.05, 3.63) is 0 Å². The van der Waals surface area contributed by atoms with Gasteiger partial charge in [0, 0.05) is 0 Å². The summed E-state index contributed by atoms with van der Waals surface area (Å²) >= 11 is 0. The SMILES string of the molecule is OC[C@]1(O[C@@H]2CO[C@@](O)(CO)[C@@H](O)[C@@H]2O)OC[C@@H](O)[C@@H](O)[C@@H]1O. The van der Waals surface area contributed by atoms with Crippen LogP contribution in [-0.4, -0.2) is 115 Å². The van der Waals surface area contributed by atoms with Gasteiger partial charge in [-0.2, -0.15) is 0 Å². The molecule has 0 radical (unpaired) electrons. The van der Waals surface area contributed by atoms with Crippen LogP contribution in [0.2, 0.25) is 0 Å². The summed E-state index contributed by atoms with van der Waals surface area (Å²) in [5, 5.41) is 77.1. The first-order valence-corrected chi connectivity index (χ1v) is 7.01. The van der Waals surface area contributed by atoms with Crippen LogP contribution in [0.5, 0.6) is 0 Å². The second-order valence-electron chi connectivity index (χ2n) is 5.69. The summed E-state index contributed by atoms with van der Waals surface area (Å²) in [5.41, 5.74) is 0. The zero-order valence-corrected chi connectivity index (χ0v) is 12.1. The van der Waals surface area contributed by atoms with Gasteiger partial charge in [-0.25, -0.2) is 0 Å². The maximum absolute atomic E-state index is 10.00. The standard InChI is InChI=1S/C12H22O11/c13-3-11(20)9(18)8(17)6(2-21-11)23-12(4-14)10(19)7(16)5(15)1-22-12/h5-10,13-20H,1-4H2/t5-,6-,7-,8-,9+,10+,11+,12-/m1/s1. The van der Waals surface area contributed by atoms with Gasteiger partial charge in [0.05, 0.1) is 19.8 Å². The molecule has 0 spiro atoms. The summed E-state index contributed by atoms with van der Waals surface area (Å²) in [5.74, 6) is -4.55. The first kappa shape index (κ1) is 18.9. The van der Waals surface area contributed by atoms with Gasteiger partial charge in [-0.3, -0.25) is 0 Å². The molecule has 2 fully saturated rings. The van der Waals surface area contributed by atoms with Crippen molar-refractivity contribution < 1.29 is 55.1 Å². The maximum Gasteiger partial charge on any atom is 0.221 e. The number of aliphatic hydroxyl groups excluding tert-OH is 7. The van der Waals surface area contributed by atoms with Crippen molar-refractivity contribution in [2.75, 3.05) is 26.4 Å². The van der Waals surface area contributed by atoms with Gasteiger partial charge in [0.25, 0.3) is 0 Å². The Hall–Kier alpha value is -0.440. The molecule has 11 heteroatoms. The van der Waals surface area contributed by atoms with Crippen LogP contribution >= 0.6 is 0 Å². The molecule has 8 atom stereocenters. The lowest BCUT2D eigenvalue weighted by molar-refractivity contribution is -0.397. The van der Waals surface area contributed by atoms with Gasteiger partial charge in [-0.15, -0.1) is 0 Å². The summed E-state index contributed by atoms with van der Waals surface area (Å²) in [6.07, 6.45) is -9.95. The zero-order valence-electron chi connectivity index (χ0n) is 12.1. The van der Waals surface area contributed by atoms with E-state index in [1.807, 2.05) is 0 Å². The lowest BCUT2D eigenvalue weighted by atomic mass is 9.94. The molecule has 0 aromatic carbocycles. The number of ether oxygens (including phenoxy) is 3. The Kier molecular flexibility index (Phi) is 5.60. The Morgan fingerprint density at radius 1 is 0.870 bits per heavy atom. The summed E-state index contributed by atoms with van der Waals surface area (Å²) < 4.78 is 15.2. The Morgan fingerprint density at radius 2 is 1.52 bits per heavy atom. The normalized spacial score (nSPS) is 51.7. The largest absolute Gasteiger partial charge is 0.391 e. The predicted octanol–water partition coefficient (Wildman–Crippen LogP) is -5.39. The molecule has 0 amide bonds. The summed E-state index contributed by atoms with van der Waals surface area (Å²) in [7, 11) is 0. The summed E-state index contributed by atoms with van der Waals surface area (Å²) in [6.45, 7) is -2.87. The van der Waals surface area contributed by atoms with E-state index in [0.717, 1.165) is 0 Å². The van der Waals surface area contributed by atoms with Gasteiger partial charge >= 0.3 is 0 Å². The van der Waals surface area contributed by atoms with E-state index in [9.17, 15) is 35.7 Å². The van der Waals surface area contributed by atoms with Gasteiger partial charge in [0.2, 0.25) is 11.6 Å². The van der Waals surface area contributed by atoms with Crippen LogP contribution < -0.4 is 0 Å². The average molecular weight is 342 g/mol. The van der Waals surface area contributed by atoms with Crippen molar-refractivity contribution in [3.8, 4) is 0 Å². The van der Waals surface area contributed by atoms with E-state index >= 15 is 0 Å². The first-order chi connectivity index (χ1) is 10.7. The van der Waals surface area contributed by atoms with E-state index < -0.39 is 74.6 Å². The molecule has 0 unspecified atom stereocenters. The fraction of sp³-hybridized carbons (Fsp3) is 1.00. The minimum Gasteiger partial charge on any atom is -0.391 e. The Labute approximate surface area is 130 Å². The van der Waals surface area contributed by atoms with E-state index in [0.29, 0.717) is 0 Å². The van der Waals surface area contributed by atoms with E-state index in [4.69, 9.17) is 19.3 Å². The molecule has 2 rings (SSSR count). The molecule has 2 saturated heterocycles. The second kappa shape index (κ2) is 6.82. The third-order valence-electron chi connectivity index (χ3n) is 4.13. The van der Waals surface area contributed by atoms with Crippen molar-refractivity contribution in [2.45, 2.75) is 48.2 Å². The fourth-order valence-corrected chi connectivity index (χ4v) is 2.54. The molecular formula is C12H22O11. The number of rotatable bonds is 4. The molecule has 0 bridgehead atoms. The van der Waals surface area contributed by atoms with Gasteiger partial charge < -0.3 is 55.1 Å². The van der Waals surface area contributed by atoms with Crippen LogP contribution in [0, 0.1) is 0 Å². The highest BCUT2D eigenvalue weighted by atomic mass is 16.7. The lowest BCUT2D eigenvalue weighted by Crippen LogP contribution is -2.69. The third kappa shape index (κ3) is 3.23. The van der Waals surface area contributed by atoms with Gasteiger partial charge in [0.1, 0.15) is 43.2 Å². The quantitative estimate of drug-likeness (QED) is 0.243. The van der Waals surface area contributed by atoms with Crippen LogP contribution in [0.25, 0.3) is 0 Å². The van der Waals surface area contributed by atoms with E-state index in [1.54, 1.807) is 0 Å². The highest BCUT2D eigenvalue weighted by molar-refractivity contribution is 4.97. The predicted molar refractivity (Wildman–Crippen MR) is 68.7 cm³/mol. The lowest BCUT2D eigenvalue weighted by Gasteiger charge is -2.48. The Bertz CT molecular complexity index is 408. The number of aliphatic hydroxyl groups is 8. The van der Waals surface area contributed by atoms with Crippen molar-refractivity contribution in [2.24, 2.45) is 0 Å². The van der Waals surface area contributed by atoms with Gasteiger partial charge in [0.15, 0.2) is 0 Å². The molecule has 11 nitrogen and oxygen atoms in total. The molecular weight excluding hydrogens is 320 g/mol. The van der Waals surface area contributed by atoms with Crippen molar-refractivity contribution in [1.29, 1.82) is 0 Å².